The largest absolute Gasteiger partial charge is 0.403 e. The molecule has 0 amide bonds. The van der Waals surface area contributed by atoms with Crippen molar-refractivity contribution >= 4 is 34.8 Å². The molecule has 8 nitrogen and oxygen atoms in total. The molecular formula is C28H24ClN5O3. The van der Waals surface area contributed by atoms with E-state index in [0.717, 1.165) is 41.0 Å². The van der Waals surface area contributed by atoms with Crippen molar-refractivity contribution in [2.45, 2.75) is 12.6 Å². The third kappa shape index (κ3) is 4.73. The monoisotopic (exact) mass is 513 g/mol. The summed E-state index contributed by atoms with van der Waals surface area (Å²) in [7, 11) is 0. The van der Waals surface area contributed by atoms with Crippen molar-refractivity contribution in [2.24, 2.45) is 4.99 Å². The van der Waals surface area contributed by atoms with E-state index >= 15 is 0 Å². The highest BCUT2D eigenvalue weighted by molar-refractivity contribution is 6.32. The first-order valence-corrected chi connectivity index (χ1v) is 12.5. The molecule has 0 spiro atoms. The quantitative estimate of drug-likeness (QED) is 0.416. The first kappa shape index (κ1) is 23.4. The van der Waals surface area contributed by atoms with Gasteiger partial charge in [0.05, 0.1) is 24.5 Å². The number of para-hydroxylation sites is 1. The molecule has 3 aromatic carbocycles. The number of carbonyl (C=O) groups excluding carboxylic acids is 1. The lowest BCUT2D eigenvalue weighted by Crippen LogP contribution is -2.36. The molecule has 0 radical (unpaired) electrons. The maximum absolute atomic E-state index is 13.3. The molecule has 0 aliphatic carbocycles. The van der Waals surface area contributed by atoms with E-state index < -0.39 is 6.17 Å². The van der Waals surface area contributed by atoms with E-state index in [0.29, 0.717) is 29.8 Å². The van der Waals surface area contributed by atoms with Gasteiger partial charge in [-0.2, -0.15) is 0 Å². The van der Waals surface area contributed by atoms with Crippen LogP contribution in [0.2, 0.25) is 5.02 Å². The maximum atomic E-state index is 13.3. The Balaban J connectivity index is 1.33. The van der Waals surface area contributed by atoms with Crippen LogP contribution < -0.4 is 10.2 Å². The molecule has 4 aromatic rings. The van der Waals surface area contributed by atoms with Gasteiger partial charge in [0.25, 0.3) is 5.89 Å². The van der Waals surface area contributed by atoms with Crippen molar-refractivity contribution < 1.29 is 13.9 Å². The number of fused-ring (bicyclic) bond motifs is 1. The fourth-order valence-electron chi connectivity index (χ4n) is 4.68. The van der Waals surface area contributed by atoms with Crippen LogP contribution in [-0.4, -0.2) is 54.2 Å². The van der Waals surface area contributed by atoms with E-state index in [2.05, 4.69) is 20.4 Å². The lowest BCUT2D eigenvalue weighted by molar-refractivity contribution is -0.119. The Morgan fingerprint density at radius 1 is 0.892 bits per heavy atom. The number of nitrogens with one attached hydrogen (secondary N) is 1. The molecule has 1 atom stereocenters. The molecule has 1 fully saturated rings. The van der Waals surface area contributed by atoms with Crippen LogP contribution in [-0.2, 0) is 16.0 Å². The Morgan fingerprint density at radius 3 is 2.49 bits per heavy atom. The van der Waals surface area contributed by atoms with Crippen molar-refractivity contribution in [2.75, 3.05) is 36.5 Å². The van der Waals surface area contributed by atoms with Gasteiger partial charge in [-0.25, -0.2) is 0 Å². The summed E-state index contributed by atoms with van der Waals surface area (Å²) in [5.41, 5.74) is 4.98. The number of Topliss-reactive ketones (excluding diaryl/α,β-unsaturated/α-hetero) is 1. The van der Waals surface area contributed by atoms with Gasteiger partial charge in [-0.1, -0.05) is 71.3 Å². The fraction of sp³-hybridized carbons (Fsp3) is 0.214. The summed E-state index contributed by atoms with van der Waals surface area (Å²) in [6.45, 7) is 2.91. The average Bonchev–Trinajstić information content (AvgIpc) is 3.36. The number of ketones is 1. The van der Waals surface area contributed by atoms with Gasteiger partial charge in [0.15, 0.2) is 11.9 Å². The first-order valence-electron chi connectivity index (χ1n) is 12.1. The minimum Gasteiger partial charge on any atom is -0.403 e. The molecule has 2 aliphatic heterocycles. The van der Waals surface area contributed by atoms with E-state index in [9.17, 15) is 4.79 Å². The predicted molar refractivity (Wildman–Crippen MR) is 142 cm³/mol. The summed E-state index contributed by atoms with van der Waals surface area (Å²) >= 11 is 6.51. The molecule has 0 saturated carbocycles. The highest BCUT2D eigenvalue weighted by Crippen LogP contribution is 2.32. The number of hydrogen-bond acceptors (Lipinski definition) is 8. The van der Waals surface area contributed by atoms with E-state index in [1.807, 2.05) is 66.7 Å². The molecule has 1 N–H and O–H groups in total. The Morgan fingerprint density at radius 2 is 1.65 bits per heavy atom. The van der Waals surface area contributed by atoms with Gasteiger partial charge in [0, 0.05) is 41.3 Å². The number of ether oxygens (including phenoxy) is 1. The summed E-state index contributed by atoms with van der Waals surface area (Å²) in [5.74, 6) is 0.220. The van der Waals surface area contributed by atoms with E-state index in [-0.39, 0.29) is 18.2 Å². The van der Waals surface area contributed by atoms with Crippen molar-refractivity contribution in [1.82, 2.24) is 10.2 Å². The molecule has 1 saturated heterocycles. The molecule has 1 aromatic heterocycles. The zero-order valence-electron chi connectivity index (χ0n) is 19.9. The van der Waals surface area contributed by atoms with Crippen molar-refractivity contribution in [3.63, 3.8) is 0 Å². The van der Waals surface area contributed by atoms with Crippen LogP contribution in [0.25, 0.3) is 11.5 Å². The maximum Gasteiger partial charge on any atom is 0.317 e. The second kappa shape index (κ2) is 10.2. The van der Waals surface area contributed by atoms with Crippen LogP contribution in [0.15, 0.2) is 82.2 Å². The van der Waals surface area contributed by atoms with Crippen LogP contribution in [0, 0.1) is 0 Å². The minimum absolute atomic E-state index is 0.123. The molecule has 37 heavy (non-hydrogen) atoms. The smallest absolute Gasteiger partial charge is 0.317 e. The number of halogens is 1. The van der Waals surface area contributed by atoms with Gasteiger partial charge in [0.1, 0.15) is 0 Å². The van der Waals surface area contributed by atoms with Crippen LogP contribution in [0.4, 0.5) is 11.7 Å². The van der Waals surface area contributed by atoms with Crippen LogP contribution >= 0.6 is 11.6 Å². The molecule has 3 heterocycles. The van der Waals surface area contributed by atoms with E-state index in [4.69, 9.17) is 25.7 Å². The number of carbonyl (C=O) groups is 1. The topological polar surface area (TPSA) is 92.9 Å². The van der Waals surface area contributed by atoms with Crippen LogP contribution in [0.5, 0.6) is 0 Å². The summed E-state index contributed by atoms with van der Waals surface area (Å²) in [6, 6.07) is 23.4. The van der Waals surface area contributed by atoms with Crippen molar-refractivity contribution in [3.8, 4) is 11.5 Å². The SMILES string of the molecule is O=C1Cc2c(Cl)cccc2C(c2ccccc2)=NC1Nc1nnc(-c2ccccc2N2CCOCC2)o1. The zero-order valence-corrected chi connectivity index (χ0v) is 20.7. The summed E-state index contributed by atoms with van der Waals surface area (Å²) in [4.78, 5) is 20.4. The van der Waals surface area contributed by atoms with Crippen LogP contribution in [0.3, 0.4) is 0 Å². The molecule has 6 rings (SSSR count). The molecule has 0 bridgehead atoms. The average molecular weight is 514 g/mol. The van der Waals surface area contributed by atoms with Crippen LogP contribution in [0.1, 0.15) is 16.7 Å². The predicted octanol–water partition coefficient (Wildman–Crippen LogP) is 4.63. The second-order valence-corrected chi connectivity index (χ2v) is 9.24. The highest BCUT2D eigenvalue weighted by atomic mass is 35.5. The first-order chi connectivity index (χ1) is 18.2. The van der Waals surface area contributed by atoms with E-state index in [1.54, 1.807) is 6.07 Å². The normalized spacial score (nSPS) is 17.6. The van der Waals surface area contributed by atoms with Crippen molar-refractivity contribution in [1.29, 1.82) is 0 Å². The number of benzene rings is 3. The second-order valence-electron chi connectivity index (χ2n) is 8.83. The standard InChI is InChI=1S/C28H24ClN5O3/c29-22-11-6-10-19-21(22)17-24(35)26(30-25(19)18-7-2-1-3-8-18)31-28-33-32-27(37-28)20-9-4-5-12-23(20)34-13-15-36-16-14-34/h1-12,26H,13-17H2,(H,31,33). The Labute approximate surface area is 218 Å². The van der Waals surface area contributed by atoms with Gasteiger partial charge >= 0.3 is 6.01 Å². The number of aliphatic imine (C=N–C) groups is 1. The number of aromatic nitrogens is 2. The lowest BCUT2D eigenvalue weighted by atomic mass is 9.96. The number of nitrogens with zero attached hydrogens (tertiary/aromatic N) is 4. The molecule has 2 aliphatic rings. The molecular weight excluding hydrogens is 490 g/mol. The molecule has 186 valence electrons. The Bertz CT molecular complexity index is 1460. The molecule has 9 heteroatoms. The Kier molecular flexibility index (Phi) is 6.42. The fourth-order valence-corrected chi connectivity index (χ4v) is 4.92. The summed E-state index contributed by atoms with van der Waals surface area (Å²) in [5, 5.41) is 12.0. The number of rotatable bonds is 5. The number of anilines is 2. The minimum atomic E-state index is -0.915. The van der Waals surface area contributed by atoms with Crippen molar-refractivity contribution in [3.05, 3.63) is 94.5 Å². The number of hydrogen-bond donors (Lipinski definition) is 1. The highest BCUT2D eigenvalue weighted by Gasteiger charge is 2.29. The van der Waals surface area contributed by atoms with Gasteiger partial charge in [-0.05, 0) is 23.8 Å². The van der Waals surface area contributed by atoms with Gasteiger partial charge < -0.3 is 19.4 Å². The third-order valence-electron chi connectivity index (χ3n) is 6.51. The summed E-state index contributed by atoms with van der Waals surface area (Å²) < 4.78 is 11.5. The lowest BCUT2D eigenvalue weighted by Gasteiger charge is -2.29. The van der Waals surface area contributed by atoms with E-state index in [1.165, 1.54) is 0 Å². The third-order valence-corrected chi connectivity index (χ3v) is 6.86. The molecule has 1 unspecified atom stereocenters. The Hall–Kier alpha value is -4.01. The number of morpholine rings is 1. The van der Waals surface area contributed by atoms with Gasteiger partial charge in [-0.15, -0.1) is 5.10 Å². The summed E-state index contributed by atoms with van der Waals surface area (Å²) in [6.07, 6.45) is -0.783. The van der Waals surface area contributed by atoms with Gasteiger partial charge in [0.2, 0.25) is 0 Å². The van der Waals surface area contributed by atoms with Gasteiger partial charge in [-0.3, -0.25) is 9.79 Å². The zero-order chi connectivity index (χ0) is 25.2.